The Bertz CT molecular complexity index is 1010. The van der Waals surface area contributed by atoms with Gasteiger partial charge in [0.2, 0.25) is 15.9 Å². The summed E-state index contributed by atoms with van der Waals surface area (Å²) in [5.74, 6) is 0.173. The molecule has 3 rings (SSSR count). The number of anilines is 1. The summed E-state index contributed by atoms with van der Waals surface area (Å²) in [6.07, 6.45) is 1.09. The van der Waals surface area contributed by atoms with Gasteiger partial charge in [0.25, 0.3) is 0 Å². The fraction of sp³-hybridized carbons (Fsp3) is 0.435. The van der Waals surface area contributed by atoms with Gasteiger partial charge in [0.15, 0.2) is 0 Å². The summed E-state index contributed by atoms with van der Waals surface area (Å²) in [7, 11) is -3.65. The highest BCUT2D eigenvalue weighted by Gasteiger charge is 2.21. The molecule has 9 heteroatoms. The van der Waals surface area contributed by atoms with E-state index in [0.29, 0.717) is 24.6 Å². The molecule has 174 valence electrons. The van der Waals surface area contributed by atoms with Crippen molar-refractivity contribution < 1.29 is 22.7 Å². The Morgan fingerprint density at radius 3 is 2.56 bits per heavy atom. The van der Waals surface area contributed by atoms with Crippen LogP contribution >= 0.6 is 0 Å². The average Bonchev–Trinajstić information content (AvgIpc) is 2.77. The molecular weight excluding hydrogens is 430 g/mol. The molecule has 0 bridgehead atoms. The molecule has 0 unspecified atom stereocenters. The van der Waals surface area contributed by atoms with Gasteiger partial charge in [0.05, 0.1) is 31.8 Å². The van der Waals surface area contributed by atoms with Crippen LogP contribution in [0.4, 0.5) is 5.69 Å². The maximum absolute atomic E-state index is 12.6. The first-order valence-corrected chi connectivity index (χ1v) is 12.5. The van der Waals surface area contributed by atoms with Crippen LogP contribution in [0.2, 0.25) is 0 Å². The Balaban J connectivity index is 1.61. The molecule has 1 aliphatic rings. The largest absolute Gasteiger partial charge is 0.494 e. The van der Waals surface area contributed by atoms with E-state index in [1.54, 1.807) is 24.3 Å². The molecule has 0 saturated carbocycles. The van der Waals surface area contributed by atoms with Crippen LogP contribution in [0.15, 0.2) is 48.5 Å². The van der Waals surface area contributed by atoms with Crippen molar-refractivity contribution in [1.82, 2.24) is 10.2 Å². The molecule has 32 heavy (non-hydrogen) atoms. The van der Waals surface area contributed by atoms with Gasteiger partial charge in [-0.15, -0.1) is 0 Å². The van der Waals surface area contributed by atoms with Crippen LogP contribution in [0.5, 0.6) is 5.75 Å². The molecule has 0 atom stereocenters. The predicted octanol–water partition coefficient (Wildman–Crippen LogP) is 2.00. The second kappa shape index (κ2) is 11.3. The van der Waals surface area contributed by atoms with Crippen LogP contribution in [-0.2, 0) is 32.6 Å². The van der Waals surface area contributed by atoms with E-state index in [9.17, 15) is 13.2 Å². The van der Waals surface area contributed by atoms with Gasteiger partial charge in [0.1, 0.15) is 12.3 Å². The van der Waals surface area contributed by atoms with Gasteiger partial charge in [0, 0.05) is 32.2 Å². The van der Waals surface area contributed by atoms with Crippen molar-refractivity contribution in [2.75, 3.05) is 50.0 Å². The minimum atomic E-state index is -3.65. The standard InChI is InChI=1S/C23H31N3O5S/c1-3-31-22-9-5-8-21(15-22)26(32(2,28)29)18-23(27)24-16-19-6-4-7-20(14-19)17-25-10-12-30-13-11-25/h4-9,14-15H,3,10-13,16-18H2,1-2H3,(H,24,27). The number of ether oxygens (including phenoxy) is 2. The topological polar surface area (TPSA) is 88.2 Å². The van der Waals surface area contributed by atoms with Crippen molar-refractivity contribution in [3.05, 3.63) is 59.7 Å². The first-order chi connectivity index (χ1) is 15.3. The zero-order valence-electron chi connectivity index (χ0n) is 18.6. The monoisotopic (exact) mass is 461 g/mol. The smallest absolute Gasteiger partial charge is 0.241 e. The highest BCUT2D eigenvalue weighted by Crippen LogP contribution is 2.23. The van der Waals surface area contributed by atoms with Crippen LogP contribution in [0.3, 0.4) is 0 Å². The third-order valence-corrected chi connectivity index (χ3v) is 6.24. The van der Waals surface area contributed by atoms with Crippen LogP contribution in [0, 0.1) is 0 Å². The number of morpholine rings is 1. The number of hydrogen-bond acceptors (Lipinski definition) is 6. The van der Waals surface area contributed by atoms with E-state index in [2.05, 4.69) is 22.3 Å². The highest BCUT2D eigenvalue weighted by atomic mass is 32.2. The lowest BCUT2D eigenvalue weighted by atomic mass is 10.1. The van der Waals surface area contributed by atoms with Crippen molar-refractivity contribution in [2.24, 2.45) is 0 Å². The minimum absolute atomic E-state index is 0.304. The zero-order chi connectivity index (χ0) is 23.0. The summed E-state index contributed by atoms with van der Waals surface area (Å²) in [5, 5.41) is 2.83. The van der Waals surface area contributed by atoms with E-state index < -0.39 is 10.0 Å². The predicted molar refractivity (Wildman–Crippen MR) is 124 cm³/mol. The number of nitrogens with zero attached hydrogens (tertiary/aromatic N) is 2. The van der Waals surface area contributed by atoms with Crippen molar-refractivity contribution in [1.29, 1.82) is 0 Å². The Hall–Kier alpha value is -2.62. The van der Waals surface area contributed by atoms with Crippen LogP contribution in [0.1, 0.15) is 18.1 Å². The second-order valence-electron chi connectivity index (χ2n) is 7.69. The zero-order valence-corrected chi connectivity index (χ0v) is 19.4. The molecule has 2 aromatic carbocycles. The third kappa shape index (κ3) is 7.22. The fourth-order valence-corrected chi connectivity index (χ4v) is 4.39. The maximum atomic E-state index is 12.6. The number of carbonyl (C=O) groups is 1. The molecule has 1 N–H and O–H groups in total. The number of sulfonamides is 1. The number of carbonyl (C=O) groups excluding carboxylic acids is 1. The van der Waals surface area contributed by atoms with E-state index in [4.69, 9.17) is 9.47 Å². The van der Waals surface area contributed by atoms with E-state index >= 15 is 0 Å². The van der Waals surface area contributed by atoms with Crippen molar-refractivity contribution in [3.63, 3.8) is 0 Å². The third-order valence-electron chi connectivity index (χ3n) is 5.10. The highest BCUT2D eigenvalue weighted by molar-refractivity contribution is 7.92. The Labute approximate surface area is 190 Å². The van der Waals surface area contributed by atoms with Gasteiger partial charge in [-0.25, -0.2) is 8.42 Å². The quantitative estimate of drug-likeness (QED) is 0.582. The minimum Gasteiger partial charge on any atom is -0.494 e. The summed E-state index contributed by atoms with van der Waals surface area (Å²) >= 11 is 0. The van der Waals surface area contributed by atoms with Gasteiger partial charge in [-0.1, -0.05) is 30.3 Å². The van der Waals surface area contributed by atoms with E-state index in [-0.39, 0.29) is 12.5 Å². The fourth-order valence-electron chi connectivity index (χ4n) is 3.54. The Morgan fingerprint density at radius 2 is 1.84 bits per heavy atom. The summed E-state index contributed by atoms with van der Waals surface area (Å²) in [6, 6.07) is 14.8. The first-order valence-electron chi connectivity index (χ1n) is 10.7. The van der Waals surface area contributed by atoms with Crippen molar-refractivity contribution in [3.8, 4) is 5.75 Å². The number of rotatable bonds is 10. The lowest BCUT2D eigenvalue weighted by Gasteiger charge is -2.26. The maximum Gasteiger partial charge on any atom is 0.241 e. The lowest BCUT2D eigenvalue weighted by Crippen LogP contribution is -2.40. The number of hydrogen-bond donors (Lipinski definition) is 1. The Morgan fingerprint density at radius 1 is 1.12 bits per heavy atom. The van der Waals surface area contributed by atoms with Crippen molar-refractivity contribution >= 4 is 21.6 Å². The molecule has 0 aliphatic carbocycles. The van der Waals surface area contributed by atoms with Gasteiger partial charge in [-0.3, -0.25) is 14.0 Å². The molecule has 1 amide bonds. The van der Waals surface area contributed by atoms with Gasteiger partial charge in [-0.05, 0) is 30.2 Å². The molecule has 1 saturated heterocycles. The average molecular weight is 462 g/mol. The lowest BCUT2D eigenvalue weighted by molar-refractivity contribution is -0.119. The van der Waals surface area contributed by atoms with Gasteiger partial charge < -0.3 is 14.8 Å². The summed E-state index contributed by atoms with van der Waals surface area (Å²) < 4.78 is 36.6. The summed E-state index contributed by atoms with van der Waals surface area (Å²) in [5.41, 5.74) is 2.53. The van der Waals surface area contributed by atoms with E-state index in [1.165, 1.54) is 5.56 Å². The Kier molecular flexibility index (Phi) is 8.49. The van der Waals surface area contributed by atoms with E-state index in [0.717, 1.165) is 49.0 Å². The van der Waals surface area contributed by atoms with Crippen LogP contribution in [0.25, 0.3) is 0 Å². The molecule has 0 radical (unpaired) electrons. The summed E-state index contributed by atoms with van der Waals surface area (Å²) in [6.45, 7) is 6.49. The number of benzene rings is 2. The SMILES string of the molecule is CCOc1cccc(N(CC(=O)NCc2cccc(CN3CCOCC3)c2)S(C)(=O)=O)c1. The molecule has 8 nitrogen and oxygen atoms in total. The van der Waals surface area contributed by atoms with Crippen molar-refractivity contribution in [2.45, 2.75) is 20.0 Å². The molecule has 2 aromatic rings. The molecule has 1 heterocycles. The van der Waals surface area contributed by atoms with Crippen LogP contribution < -0.4 is 14.4 Å². The molecule has 0 aromatic heterocycles. The van der Waals surface area contributed by atoms with Crippen LogP contribution in [-0.4, -0.2) is 64.9 Å². The summed E-state index contributed by atoms with van der Waals surface area (Å²) in [4.78, 5) is 14.9. The molecule has 1 fully saturated rings. The van der Waals surface area contributed by atoms with Gasteiger partial charge >= 0.3 is 0 Å². The molecule has 0 spiro atoms. The number of nitrogens with one attached hydrogen (secondary N) is 1. The number of amides is 1. The first kappa shape index (κ1) is 24.0. The molecular formula is C23H31N3O5S. The normalized spacial score (nSPS) is 14.7. The molecule has 1 aliphatic heterocycles. The second-order valence-corrected chi connectivity index (χ2v) is 9.59. The van der Waals surface area contributed by atoms with Gasteiger partial charge in [-0.2, -0.15) is 0 Å². The van der Waals surface area contributed by atoms with E-state index in [1.807, 2.05) is 19.1 Å².